The van der Waals surface area contributed by atoms with E-state index in [0.717, 1.165) is 61.7 Å². The predicted molar refractivity (Wildman–Crippen MR) is 97.0 cm³/mol. The number of hydrogen-bond donors (Lipinski definition) is 1. The molecule has 0 amide bonds. The fraction of sp³-hybridized carbons (Fsp3) is 0.579. The van der Waals surface area contributed by atoms with Gasteiger partial charge in [-0.1, -0.05) is 20.8 Å². The van der Waals surface area contributed by atoms with Gasteiger partial charge in [-0.25, -0.2) is 9.97 Å². The molecule has 1 N–H and O–H groups in total. The van der Waals surface area contributed by atoms with Crippen LogP contribution in [-0.2, 0) is 17.3 Å². The zero-order valence-electron chi connectivity index (χ0n) is 15.2. The summed E-state index contributed by atoms with van der Waals surface area (Å²) in [4.78, 5) is 31.6. The van der Waals surface area contributed by atoms with Gasteiger partial charge in [-0.3, -0.25) is 9.78 Å². The molecule has 0 bridgehead atoms. The summed E-state index contributed by atoms with van der Waals surface area (Å²) in [6, 6.07) is 0. The highest BCUT2D eigenvalue weighted by Crippen LogP contribution is 2.44. The van der Waals surface area contributed by atoms with Crippen molar-refractivity contribution in [3.63, 3.8) is 0 Å². The summed E-state index contributed by atoms with van der Waals surface area (Å²) >= 11 is 0. The zero-order chi connectivity index (χ0) is 17.7. The maximum atomic E-state index is 12.6. The van der Waals surface area contributed by atoms with E-state index in [9.17, 15) is 4.79 Å². The molecule has 1 atom stereocenters. The molecule has 0 saturated carbocycles. The van der Waals surface area contributed by atoms with Gasteiger partial charge in [0.2, 0.25) is 0 Å². The highest BCUT2D eigenvalue weighted by Gasteiger charge is 2.45. The van der Waals surface area contributed by atoms with E-state index in [1.165, 1.54) is 0 Å². The van der Waals surface area contributed by atoms with Crippen LogP contribution in [0.1, 0.15) is 57.1 Å². The third kappa shape index (κ3) is 2.73. The number of aromatic amines is 1. The number of hydrogen-bond acceptors (Lipinski definition) is 5. The van der Waals surface area contributed by atoms with Gasteiger partial charge in [-0.2, -0.15) is 0 Å². The zero-order valence-corrected chi connectivity index (χ0v) is 15.2. The van der Waals surface area contributed by atoms with Gasteiger partial charge in [0, 0.05) is 41.9 Å². The van der Waals surface area contributed by atoms with E-state index < -0.39 is 0 Å². The van der Waals surface area contributed by atoms with Gasteiger partial charge in [0.25, 0.3) is 5.56 Å². The van der Waals surface area contributed by atoms with Gasteiger partial charge in [0.1, 0.15) is 11.6 Å². The van der Waals surface area contributed by atoms with Gasteiger partial charge in [-0.05, 0) is 25.7 Å². The lowest BCUT2D eigenvalue weighted by Gasteiger charge is -2.41. The van der Waals surface area contributed by atoms with E-state index in [0.29, 0.717) is 0 Å². The third-order valence-electron chi connectivity index (χ3n) is 5.53. The summed E-state index contributed by atoms with van der Waals surface area (Å²) in [7, 11) is 0. The minimum atomic E-state index is -0.169. The van der Waals surface area contributed by atoms with Gasteiger partial charge in [0.05, 0.1) is 11.9 Å². The van der Waals surface area contributed by atoms with E-state index in [2.05, 4.69) is 40.6 Å². The quantitative estimate of drug-likeness (QED) is 0.863. The van der Waals surface area contributed by atoms with Gasteiger partial charge < -0.3 is 9.88 Å². The lowest BCUT2D eigenvalue weighted by Crippen LogP contribution is -2.46. The number of H-pyrrole nitrogens is 1. The van der Waals surface area contributed by atoms with E-state index in [-0.39, 0.29) is 16.4 Å². The molecule has 6 nitrogen and oxygen atoms in total. The van der Waals surface area contributed by atoms with Crippen molar-refractivity contribution >= 4 is 5.82 Å². The molecule has 3 heterocycles. The van der Waals surface area contributed by atoms with E-state index in [1.807, 2.05) is 6.20 Å². The predicted octanol–water partition coefficient (Wildman–Crippen LogP) is 2.34. The smallest absolute Gasteiger partial charge is 0.254 e. The van der Waals surface area contributed by atoms with Crippen LogP contribution < -0.4 is 10.5 Å². The van der Waals surface area contributed by atoms with Crippen LogP contribution in [-0.4, -0.2) is 33.0 Å². The second-order valence-electron chi connectivity index (χ2n) is 8.36. The Kier molecular flexibility index (Phi) is 3.67. The van der Waals surface area contributed by atoms with Crippen LogP contribution in [0.3, 0.4) is 0 Å². The molecule has 2 aromatic heterocycles. The van der Waals surface area contributed by atoms with Crippen molar-refractivity contribution in [3.05, 3.63) is 46.0 Å². The third-order valence-corrected chi connectivity index (χ3v) is 5.53. The standard InChI is InChI=1S/C19H25N5O/c1-18(2,3)17-22-15-13(16(25)23-17)5-7-19(15)6-4-10-24(12-19)14-11-20-8-9-21-14/h8-9,11H,4-7,10,12H2,1-3H3,(H,22,23,25). The van der Waals surface area contributed by atoms with Crippen molar-refractivity contribution in [2.75, 3.05) is 18.0 Å². The molecule has 25 heavy (non-hydrogen) atoms. The van der Waals surface area contributed by atoms with Crippen LogP contribution in [0.4, 0.5) is 5.82 Å². The van der Waals surface area contributed by atoms with Gasteiger partial charge in [-0.15, -0.1) is 0 Å². The summed E-state index contributed by atoms with van der Waals surface area (Å²) in [5.74, 6) is 1.70. The molecule has 1 saturated heterocycles. The first-order valence-electron chi connectivity index (χ1n) is 9.04. The largest absolute Gasteiger partial charge is 0.354 e. The summed E-state index contributed by atoms with van der Waals surface area (Å²) in [6.45, 7) is 8.11. The normalized spacial score (nSPS) is 23.1. The van der Waals surface area contributed by atoms with Crippen molar-refractivity contribution in [3.8, 4) is 0 Å². The van der Waals surface area contributed by atoms with Gasteiger partial charge >= 0.3 is 0 Å². The second kappa shape index (κ2) is 5.64. The average Bonchev–Trinajstić information content (AvgIpc) is 2.94. The molecule has 4 rings (SSSR count). The fourth-order valence-corrected chi connectivity index (χ4v) is 4.19. The first-order valence-corrected chi connectivity index (χ1v) is 9.04. The van der Waals surface area contributed by atoms with E-state index in [1.54, 1.807) is 12.4 Å². The molecule has 1 aliphatic carbocycles. The molecule has 1 unspecified atom stereocenters. The SMILES string of the molecule is CC(C)(C)c1nc2c(c(=O)[nH]1)CCC21CCCN(c2cnccn2)C1. The first-order chi connectivity index (χ1) is 11.9. The van der Waals surface area contributed by atoms with Crippen molar-refractivity contribution < 1.29 is 0 Å². The number of nitrogens with zero attached hydrogens (tertiary/aromatic N) is 4. The molecular weight excluding hydrogens is 314 g/mol. The Morgan fingerprint density at radius 3 is 2.80 bits per heavy atom. The Labute approximate surface area is 147 Å². The van der Waals surface area contributed by atoms with Crippen molar-refractivity contribution in [2.45, 2.75) is 57.3 Å². The highest BCUT2D eigenvalue weighted by molar-refractivity contribution is 5.42. The average molecular weight is 339 g/mol. The minimum Gasteiger partial charge on any atom is -0.354 e. The van der Waals surface area contributed by atoms with Crippen LogP contribution in [0.5, 0.6) is 0 Å². The monoisotopic (exact) mass is 339 g/mol. The number of fused-ring (bicyclic) bond motifs is 2. The van der Waals surface area contributed by atoms with Crippen LogP contribution in [0.25, 0.3) is 0 Å². The Morgan fingerprint density at radius 1 is 1.24 bits per heavy atom. The Morgan fingerprint density at radius 2 is 2.08 bits per heavy atom. The van der Waals surface area contributed by atoms with Crippen molar-refractivity contribution in [1.29, 1.82) is 0 Å². The first kappa shape index (κ1) is 16.2. The Balaban J connectivity index is 1.76. The molecule has 0 aromatic carbocycles. The molecule has 1 fully saturated rings. The molecule has 132 valence electrons. The van der Waals surface area contributed by atoms with Crippen LogP contribution in [0.15, 0.2) is 23.4 Å². The minimum absolute atomic E-state index is 0.0423. The van der Waals surface area contributed by atoms with E-state index in [4.69, 9.17) is 4.98 Å². The molecule has 1 aliphatic heterocycles. The van der Waals surface area contributed by atoms with Crippen LogP contribution >= 0.6 is 0 Å². The molecule has 1 spiro atoms. The summed E-state index contributed by atoms with van der Waals surface area (Å²) < 4.78 is 0. The molecule has 2 aliphatic rings. The number of nitrogens with one attached hydrogen (secondary N) is 1. The maximum absolute atomic E-state index is 12.6. The molecule has 2 aromatic rings. The second-order valence-corrected chi connectivity index (χ2v) is 8.36. The number of anilines is 1. The summed E-state index contributed by atoms with van der Waals surface area (Å²) in [5, 5.41) is 0. The lowest BCUT2D eigenvalue weighted by atomic mass is 9.77. The number of rotatable bonds is 1. The van der Waals surface area contributed by atoms with Crippen LogP contribution in [0, 0.1) is 0 Å². The lowest BCUT2D eigenvalue weighted by molar-refractivity contribution is 0.331. The summed E-state index contributed by atoms with van der Waals surface area (Å²) in [6.07, 6.45) is 9.22. The van der Waals surface area contributed by atoms with Crippen molar-refractivity contribution in [2.24, 2.45) is 0 Å². The van der Waals surface area contributed by atoms with Gasteiger partial charge in [0.15, 0.2) is 0 Å². The molecular formula is C19H25N5O. The molecule has 0 radical (unpaired) electrons. The van der Waals surface area contributed by atoms with E-state index >= 15 is 0 Å². The molecule has 6 heteroatoms. The number of piperidine rings is 1. The Hall–Kier alpha value is -2.24. The maximum Gasteiger partial charge on any atom is 0.254 e. The van der Waals surface area contributed by atoms with Crippen molar-refractivity contribution in [1.82, 2.24) is 19.9 Å². The summed E-state index contributed by atoms with van der Waals surface area (Å²) in [5.41, 5.74) is 1.74. The fourth-order valence-electron chi connectivity index (χ4n) is 4.19. The van der Waals surface area contributed by atoms with Crippen LogP contribution in [0.2, 0.25) is 0 Å². The highest BCUT2D eigenvalue weighted by atomic mass is 16.1. The number of aromatic nitrogens is 4. The topological polar surface area (TPSA) is 74.8 Å². The Bertz CT molecular complexity index is 839.